The first-order valence-corrected chi connectivity index (χ1v) is 6.30. The molecule has 7 heteroatoms. The summed E-state index contributed by atoms with van der Waals surface area (Å²) in [6.45, 7) is 0. The quantitative estimate of drug-likeness (QED) is 0.383. The van der Waals surface area contributed by atoms with E-state index in [-0.39, 0.29) is 0 Å². The molecule has 1 atom stereocenters. The van der Waals surface area contributed by atoms with Gasteiger partial charge in [0.25, 0.3) is 0 Å². The van der Waals surface area contributed by atoms with Crippen LogP contribution in [-0.4, -0.2) is 5.37 Å². The van der Waals surface area contributed by atoms with Crippen LogP contribution in [0.3, 0.4) is 0 Å². The van der Waals surface area contributed by atoms with Gasteiger partial charge in [-0.2, -0.15) is 0 Å². The molecular formula is C5H13N5S2. The van der Waals surface area contributed by atoms with E-state index >= 15 is 0 Å². The SMILES string of the molecule is NS1=CC=CC=C1NS(N)(N)N. The summed E-state index contributed by atoms with van der Waals surface area (Å²) in [5.41, 5.74) is 0. The Morgan fingerprint density at radius 2 is 1.92 bits per heavy atom. The second kappa shape index (κ2) is 3.60. The third kappa shape index (κ3) is 2.97. The maximum Gasteiger partial charge on any atom is 0.0876 e. The summed E-state index contributed by atoms with van der Waals surface area (Å²) in [5, 5.41) is 24.6. The van der Waals surface area contributed by atoms with Crippen molar-refractivity contribution >= 4 is 26.8 Å². The molecule has 1 heterocycles. The van der Waals surface area contributed by atoms with E-state index in [0.717, 1.165) is 5.03 Å². The van der Waals surface area contributed by atoms with Crippen molar-refractivity contribution in [2.75, 3.05) is 0 Å². The van der Waals surface area contributed by atoms with Crippen molar-refractivity contribution in [1.82, 2.24) is 4.72 Å². The highest BCUT2D eigenvalue weighted by Gasteiger charge is 2.08. The summed E-state index contributed by atoms with van der Waals surface area (Å²) >= 11 is 0. The smallest absolute Gasteiger partial charge is 0.0876 e. The summed E-state index contributed by atoms with van der Waals surface area (Å²) < 4.78 is 2.79. The third-order valence-corrected chi connectivity index (χ3v) is 3.01. The van der Waals surface area contributed by atoms with Gasteiger partial charge in [0, 0.05) is 0 Å². The average molecular weight is 207 g/mol. The van der Waals surface area contributed by atoms with Crippen LogP contribution in [0.2, 0.25) is 0 Å². The lowest BCUT2D eigenvalue weighted by Gasteiger charge is -2.29. The molecule has 1 aliphatic rings. The Morgan fingerprint density at radius 1 is 1.25 bits per heavy atom. The number of hydrogen-bond donors (Lipinski definition) is 5. The van der Waals surface area contributed by atoms with Crippen LogP contribution in [0.15, 0.2) is 23.3 Å². The average Bonchev–Trinajstić information content (AvgIpc) is 1.91. The van der Waals surface area contributed by atoms with Gasteiger partial charge in [-0.15, -0.1) is 0 Å². The number of nitrogens with one attached hydrogen (secondary N) is 1. The van der Waals surface area contributed by atoms with Gasteiger partial charge >= 0.3 is 0 Å². The van der Waals surface area contributed by atoms with E-state index < -0.39 is 21.4 Å². The second-order valence-corrected chi connectivity index (χ2v) is 5.47. The zero-order chi connectivity index (χ0) is 9.19. The summed E-state index contributed by atoms with van der Waals surface area (Å²) in [4.78, 5) is 0. The summed E-state index contributed by atoms with van der Waals surface area (Å²) in [5.74, 6) is 0. The minimum Gasteiger partial charge on any atom is -0.308 e. The Morgan fingerprint density at radius 3 is 2.42 bits per heavy atom. The van der Waals surface area contributed by atoms with Gasteiger partial charge in [0.05, 0.1) is 5.03 Å². The van der Waals surface area contributed by atoms with Gasteiger partial charge in [0.2, 0.25) is 0 Å². The van der Waals surface area contributed by atoms with E-state index in [2.05, 4.69) is 4.72 Å². The molecule has 70 valence electrons. The Balaban J connectivity index is 2.72. The van der Waals surface area contributed by atoms with Gasteiger partial charge in [-0.05, 0) is 22.2 Å². The molecule has 0 bridgehead atoms. The first-order chi connectivity index (χ1) is 5.49. The molecule has 0 aromatic heterocycles. The van der Waals surface area contributed by atoms with Gasteiger partial charge in [-0.3, -0.25) is 20.6 Å². The number of allylic oxidation sites excluding steroid dienone is 3. The van der Waals surface area contributed by atoms with Crippen LogP contribution < -0.4 is 25.3 Å². The topological polar surface area (TPSA) is 116 Å². The van der Waals surface area contributed by atoms with E-state index in [0.29, 0.717) is 0 Å². The Hall–Kier alpha value is -0.310. The standard InChI is InChI=1S/C5H13N5S2/c6-11-4-2-1-3-5(11)10-12(7,8)9/h1-4,10H,6-9H2. The van der Waals surface area contributed by atoms with Crippen LogP contribution in [0, 0.1) is 0 Å². The molecule has 0 saturated carbocycles. The molecule has 0 saturated heterocycles. The van der Waals surface area contributed by atoms with E-state index in [1.807, 2.05) is 23.6 Å². The summed E-state index contributed by atoms with van der Waals surface area (Å²) in [6.07, 6.45) is 5.54. The molecule has 0 aliphatic carbocycles. The Labute approximate surface area is 75.8 Å². The third-order valence-electron chi connectivity index (χ3n) is 1.12. The van der Waals surface area contributed by atoms with Crippen molar-refractivity contribution in [2.45, 2.75) is 0 Å². The molecule has 1 rings (SSSR count). The van der Waals surface area contributed by atoms with E-state index in [4.69, 9.17) is 20.6 Å². The highest BCUT2D eigenvalue weighted by Crippen LogP contribution is 2.24. The van der Waals surface area contributed by atoms with Gasteiger partial charge in [0.1, 0.15) is 0 Å². The van der Waals surface area contributed by atoms with Crippen LogP contribution in [0.5, 0.6) is 0 Å². The van der Waals surface area contributed by atoms with Crippen molar-refractivity contribution in [2.24, 2.45) is 20.6 Å². The maximum absolute atomic E-state index is 5.72. The van der Waals surface area contributed by atoms with Crippen molar-refractivity contribution < 1.29 is 0 Å². The molecule has 0 fully saturated rings. The second-order valence-electron chi connectivity index (χ2n) is 2.29. The molecule has 0 aromatic rings. The molecule has 0 aromatic carbocycles. The first-order valence-electron chi connectivity index (χ1n) is 3.13. The maximum atomic E-state index is 5.72. The zero-order valence-electron chi connectivity index (χ0n) is 6.44. The molecule has 1 unspecified atom stereocenters. The number of nitrogens with two attached hydrogens (primary N) is 4. The monoisotopic (exact) mass is 207 g/mol. The van der Waals surface area contributed by atoms with Gasteiger partial charge in [0.15, 0.2) is 0 Å². The Bertz CT molecular complexity index is 262. The zero-order valence-corrected chi connectivity index (χ0v) is 8.07. The predicted octanol–water partition coefficient (Wildman–Crippen LogP) is -0.727. The highest BCUT2D eigenvalue weighted by molar-refractivity contribution is 8.27. The fraction of sp³-hybridized carbons (Fsp3) is 0. The van der Waals surface area contributed by atoms with Gasteiger partial charge in [-0.1, -0.05) is 22.8 Å². The van der Waals surface area contributed by atoms with Crippen LogP contribution in [0.1, 0.15) is 0 Å². The van der Waals surface area contributed by atoms with Crippen molar-refractivity contribution in [3.05, 3.63) is 23.3 Å². The van der Waals surface area contributed by atoms with E-state index in [9.17, 15) is 0 Å². The van der Waals surface area contributed by atoms with Crippen LogP contribution in [-0.2, 0) is 0 Å². The lowest BCUT2D eigenvalue weighted by atomic mass is 10.5. The number of hydrogen-bond acceptors (Lipinski definition) is 5. The predicted molar refractivity (Wildman–Crippen MR) is 58.4 cm³/mol. The molecule has 0 radical (unpaired) electrons. The lowest BCUT2D eigenvalue weighted by molar-refractivity contribution is 1.29. The van der Waals surface area contributed by atoms with E-state index in [1.54, 1.807) is 0 Å². The summed E-state index contributed by atoms with van der Waals surface area (Å²) in [7, 11) is -2.66. The fourth-order valence-corrected chi connectivity index (χ4v) is 2.56. The van der Waals surface area contributed by atoms with E-state index in [1.165, 1.54) is 0 Å². The fourth-order valence-electron chi connectivity index (χ4n) is 0.681. The normalized spacial score (nSPS) is 24.3. The largest absolute Gasteiger partial charge is 0.308 e. The molecule has 1 aliphatic heterocycles. The number of rotatable bonds is 2. The molecule has 5 nitrogen and oxygen atoms in total. The molecule has 0 spiro atoms. The van der Waals surface area contributed by atoms with Crippen molar-refractivity contribution in [3.63, 3.8) is 0 Å². The Kier molecular flexibility index (Phi) is 2.94. The van der Waals surface area contributed by atoms with Crippen molar-refractivity contribution in [3.8, 4) is 0 Å². The van der Waals surface area contributed by atoms with Crippen LogP contribution in [0.25, 0.3) is 0 Å². The molecule has 9 N–H and O–H groups in total. The summed E-state index contributed by atoms with van der Waals surface area (Å²) in [6, 6.07) is 0. The van der Waals surface area contributed by atoms with Gasteiger partial charge < -0.3 is 4.72 Å². The minimum atomic E-state index is -2.20. The molecular weight excluding hydrogens is 194 g/mol. The highest BCUT2D eigenvalue weighted by atomic mass is 32.3. The lowest BCUT2D eigenvalue weighted by Crippen LogP contribution is -2.40. The first kappa shape index (κ1) is 9.78. The van der Waals surface area contributed by atoms with Gasteiger partial charge in [-0.25, -0.2) is 0 Å². The van der Waals surface area contributed by atoms with Crippen molar-refractivity contribution in [1.29, 1.82) is 0 Å². The van der Waals surface area contributed by atoms with Crippen LogP contribution >= 0.6 is 21.4 Å². The minimum absolute atomic E-state index is 0.455. The molecule has 12 heavy (non-hydrogen) atoms. The van der Waals surface area contributed by atoms with Crippen LogP contribution in [0.4, 0.5) is 0 Å². The molecule has 0 amide bonds.